The van der Waals surface area contributed by atoms with Gasteiger partial charge in [-0.2, -0.15) is 0 Å². The molecule has 2 rings (SSSR count). The summed E-state index contributed by atoms with van der Waals surface area (Å²) >= 11 is 0. The first kappa shape index (κ1) is 12.9. The van der Waals surface area contributed by atoms with Gasteiger partial charge in [-0.05, 0) is 24.6 Å². The Bertz CT molecular complexity index is 454. The molecule has 0 saturated carbocycles. The zero-order chi connectivity index (χ0) is 13.2. The summed E-state index contributed by atoms with van der Waals surface area (Å²) in [6, 6.07) is 7.16. The lowest BCUT2D eigenvalue weighted by atomic mass is 9.84. The molecular weight excluding hydrogens is 229 g/mol. The second-order valence-electron chi connectivity index (χ2n) is 5.48. The number of guanidine groups is 1. The molecule has 1 unspecified atom stereocenters. The van der Waals surface area contributed by atoms with E-state index in [4.69, 9.17) is 0 Å². The molecule has 0 aromatic heterocycles. The van der Waals surface area contributed by atoms with Crippen LogP contribution in [0.25, 0.3) is 0 Å². The summed E-state index contributed by atoms with van der Waals surface area (Å²) in [5.41, 5.74) is 0.847. The highest BCUT2D eigenvalue weighted by atomic mass is 19.1. The second-order valence-corrected chi connectivity index (χ2v) is 5.48. The van der Waals surface area contributed by atoms with Gasteiger partial charge in [0.05, 0.1) is 6.54 Å². The first-order valence-electron chi connectivity index (χ1n) is 6.28. The minimum atomic E-state index is -0.189. The average molecular weight is 249 g/mol. The molecule has 0 amide bonds. The fourth-order valence-corrected chi connectivity index (χ4v) is 1.98. The fraction of sp³-hybridized carbons (Fsp3) is 0.500. The monoisotopic (exact) mass is 249 g/mol. The zero-order valence-electron chi connectivity index (χ0n) is 11.1. The van der Waals surface area contributed by atoms with Gasteiger partial charge in [0.15, 0.2) is 5.96 Å². The Morgan fingerprint density at radius 1 is 1.50 bits per heavy atom. The van der Waals surface area contributed by atoms with Gasteiger partial charge in [-0.15, -0.1) is 0 Å². The smallest absolute Gasteiger partial charge is 0.191 e. The molecule has 1 aromatic carbocycles. The summed E-state index contributed by atoms with van der Waals surface area (Å²) in [6.45, 7) is 7.80. The molecule has 1 aliphatic heterocycles. The van der Waals surface area contributed by atoms with E-state index in [1.807, 2.05) is 6.07 Å². The Hall–Kier alpha value is -1.58. The molecule has 2 N–H and O–H groups in total. The van der Waals surface area contributed by atoms with Crippen LogP contribution in [-0.4, -0.2) is 25.1 Å². The molecule has 0 radical (unpaired) electrons. The van der Waals surface area contributed by atoms with Crippen LogP contribution in [0, 0.1) is 5.82 Å². The predicted octanol–water partition coefficient (Wildman–Crippen LogP) is 2.04. The Labute approximate surface area is 108 Å². The standard InChI is InChI=1S/C14H20FN3/c1-10-8-16-13(18-10)17-9-14(2,3)11-5-4-6-12(15)7-11/h4-7,10H,8-9H2,1-3H3,(H2,16,17,18). The second kappa shape index (κ2) is 4.96. The van der Waals surface area contributed by atoms with Crippen molar-refractivity contribution in [3.05, 3.63) is 35.6 Å². The van der Waals surface area contributed by atoms with Gasteiger partial charge in [-0.1, -0.05) is 26.0 Å². The first-order chi connectivity index (χ1) is 8.47. The largest absolute Gasteiger partial charge is 0.356 e. The molecule has 0 aliphatic carbocycles. The average Bonchev–Trinajstić information content (AvgIpc) is 2.73. The number of aliphatic imine (C=N–C) groups is 1. The van der Waals surface area contributed by atoms with E-state index in [0.717, 1.165) is 24.6 Å². The van der Waals surface area contributed by atoms with Crippen LogP contribution < -0.4 is 10.6 Å². The summed E-state index contributed by atoms with van der Waals surface area (Å²) < 4.78 is 13.2. The molecule has 0 bridgehead atoms. The van der Waals surface area contributed by atoms with E-state index >= 15 is 0 Å². The number of rotatable bonds is 3. The maximum atomic E-state index is 13.2. The van der Waals surface area contributed by atoms with Crippen molar-refractivity contribution < 1.29 is 4.39 Å². The first-order valence-corrected chi connectivity index (χ1v) is 6.28. The van der Waals surface area contributed by atoms with Gasteiger partial charge in [-0.3, -0.25) is 4.99 Å². The summed E-state index contributed by atoms with van der Waals surface area (Å²) in [7, 11) is 0. The van der Waals surface area contributed by atoms with Gasteiger partial charge in [-0.25, -0.2) is 4.39 Å². The van der Waals surface area contributed by atoms with E-state index in [-0.39, 0.29) is 11.2 Å². The van der Waals surface area contributed by atoms with Crippen LogP contribution in [0.3, 0.4) is 0 Å². The van der Waals surface area contributed by atoms with Crippen LogP contribution in [0.4, 0.5) is 4.39 Å². The molecule has 1 aliphatic rings. The van der Waals surface area contributed by atoms with Gasteiger partial charge in [0.1, 0.15) is 5.82 Å². The van der Waals surface area contributed by atoms with E-state index in [0.29, 0.717) is 6.04 Å². The third-order valence-electron chi connectivity index (χ3n) is 3.21. The van der Waals surface area contributed by atoms with E-state index in [1.165, 1.54) is 6.07 Å². The van der Waals surface area contributed by atoms with E-state index in [1.54, 1.807) is 12.1 Å². The van der Waals surface area contributed by atoms with Crippen LogP contribution in [0.2, 0.25) is 0 Å². The maximum absolute atomic E-state index is 13.2. The van der Waals surface area contributed by atoms with Crippen LogP contribution >= 0.6 is 0 Å². The lowest BCUT2D eigenvalue weighted by molar-refractivity contribution is 0.504. The number of hydrogen-bond donors (Lipinski definition) is 2. The van der Waals surface area contributed by atoms with Gasteiger partial charge in [0, 0.05) is 18.0 Å². The van der Waals surface area contributed by atoms with Gasteiger partial charge < -0.3 is 10.6 Å². The minimum absolute atomic E-state index is 0.141. The van der Waals surface area contributed by atoms with Gasteiger partial charge >= 0.3 is 0 Å². The molecule has 18 heavy (non-hydrogen) atoms. The van der Waals surface area contributed by atoms with Crippen LogP contribution in [0.15, 0.2) is 29.3 Å². The molecule has 98 valence electrons. The maximum Gasteiger partial charge on any atom is 0.191 e. The van der Waals surface area contributed by atoms with Crippen molar-refractivity contribution in [3.8, 4) is 0 Å². The molecule has 1 heterocycles. The van der Waals surface area contributed by atoms with Crippen LogP contribution in [0.1, 0.15) is 26.3 Å². The van der Waals surface area contributed by atoms with Crippen molar-refractivity contribution in [2.45, 2.75) is 32.2 Å². The molecule has 1 aromatic rings. The van der Waals surface area contributed by atoms with E-state index in [9.17, 15) is 4.39 Å². The molecule has 4 heteroatoms. The Morgan fingerprint density at radius 2 is 2.28 bits per heavy atom. The summed E-state index contributed by atoms with van der Waals surface area (Å²) in [6.07, 6.45) is 0. The van der Waals surface area contributed by atoms with Gasteiger partial charge in [0.25, 0.3) is 0 Å². The number of nitrogens with one attached hydrogen (secondary N) is 2. The number of halogens is 1. The quantitative estimate of drug-likeness (QED) is 0.860. The van der Waals surface area contributed by atoms with Crippen molar-refractivity contribution in [1.82, 2.24) is 10.6 Å². The predicted molar refractivity (Wildman–Crippen MR) is 72.3 cm³/mol. The van der Waals surface area contributed by atoms with Gasteiger partial charge in [0.2, 0.25) is 0 Å². The molecular formula is C14H20FN3. The summed E-state index contributed by atoms with van der Waals surface area (Å²) in [5, 5.41) is 6.54. The van der Waals surface area contributed by atoms with Crippen LogP contribution in [-0.2, 0) is 5.41 Å². The fourth-order valence-electron chi connectivity index (χ4n) is 1.98. The summed E-state index contributed by atoms with van der Waals surface area (Å²) in [4.78, 5) is 4.35. The molecule has 3 nitrogen and oxygen atoms in total. The molecule has 0 fully saturated rings. The number of nitrogens with zero attached hydrogens (tertiary/aromatic N) is 1. The zero-order valence-corrected chi connectivity index (χ0v) is 11.1. The van der Waals surface area contributed by atoms with Crippen molar-refractivity contribution in [2.24, 2.45) is 4.99 Å². The van der Waals surface area contributed by atoms with Crippen molar-refractivity contribution in [2.75, 3.05) is 13.1 Å². The van der Waals surface area contributed by atoms with Crippen molar-refractivity contribution >= 4 is 5.96 Å². The van der Waals surface area contributed by atoms with E-state index in [2.05, 4.69) is 36.4 Å². The topological polar surface area (TPSA) is 36.4 Å². The van der Waals surface area contributed by atoms with Crippen molar-refractivity contribution in [1.29, 1.82) is 0 Å². The molecule has 0 saturated heterocycles. The Kier molecular flexibility index (Phi) is 3.55. The number of benzene rings is 1. The normalized spacial score (nSPS) is 19.3. The highest BCUT2D eigenvalue weighted by Crippen LogP contribution is 2.22. The third-order valence-corrected chi connectivity index (χ3v) is 3.21. The lowest BCUT2D eigenvalue weighted by Gasteiger charge is -2.26. The highest BCUT2D eigenvalue weighted by molar-refractivity contribution is 5.81. The van der Waals surface area contributed by atoms with E-state index < -0.39 is 0 Å². The number of hydrogen-bond acceptors (Lipinski definition) is 3. The molecule has 0 spiro atoms. The third kappa shape index (κ3) is 3.00. The minimum Gasteiger partial charge on any atom is -0.356 e. The molecule has 1 atom stereocenters. The summed E-state index contributed by atoms with van der Waals surface area (Å²) in [5.74, 6) is 0.650. The highest BCUT2D eigenvalue weighted by Gasteiger charge is 2.22. The van der Waals surface area contributed by atoms with Crippen molar-refractivity contribution in [3.63, 3.8) is 0 Å². The van der Waals surface area contributed by atoms with Crippen LogP contribution in [0.5, 0.6) is 0 Å². The Morgan fingerprint density at radius 3 is 2.89 bits per heavy atom. The SMILES string of the molecule is CC1CN=C(NCC(C)(C)c2cccc(F)c2)N1. The lowest BCUT2D eigenvalue weighted by Crippen LogP contribution is -2.43. The Balaban J connectivity index is 1.99.